The molecule has 0 aliphatic carbocycles. The van der Waals surface area contributed by atoms with Gasteiger partial charge in [0.2, 0.25) is 5.91 Å². The van der Waals surface area contributed by atoms with Gasteiger partial charge in [0, 0.05) is 12.5 Å². The molecule has 6 nitrogen and oxygen atoms in total. The third kappa shape index (κ3) is 3.62. The number of nitrogens with zero attached hydrogens (tertiary/aromatic N) is 3. The zero-order chi connectivity index (χ0) is 17.3. The Morgan fingerprint density at radius 1 is 1.38 bits per heavy atom. The minimum absolute atomic E-state index is 0.00384. The summed E-state index contributed by atoms with van der Waals surface area (Å²) >= 11 is 7.09. The molecule has 2 aromatic rings. The first kappa shape index (κ1) is 17.0. The van der Waals surface area contributed by atoms with Crippen LogP contribution in [-0.4, -0.2) is 33.0 Å². The van der Waals surface area contributed by atoms with Gasteiger partial charge in [-0.25, -0.2) is 0 Å². The second-order valence-electron chi connectivity index (χ2n) is 6.05. The highest BCUT2D eigenvalue weighted by Crippen LogP contribution is 2.21. The van der Waals surface area contributed by atoms with Crippen LogP contribution in [0.1, 0.15) is 34.9 Å². The molecule has 0 unspecified atom stereocenters. The Morgan fingerprint density at radius 2 is 2.17 bits per heavy atom. The summed E-state index contributed by atoms with van der Waals surface area (Å²) in [4.78, 5) is 26.6. The highest BCUT2D eigenvalue weighted by Gasteiger charge is 2.24. The van der Waals surface area contributed by atoms with E-state index in [0.29, 0.717) is 35.4 Å². The number of halogens is 1. The molecule has 0 radical (unpaired) electrons. The Bertz CT molecular complexity index is 768. The summed E-state index contributed by atoms with van der Waals surface area (Å²) in [5, 5.41) is 7.35. The molecule has 0 saturated heterocycles. The van der Waals surface area contributed by atoms with Gasteiger partial charge >= 0.3 is 0 Å². The number of rotatable bonds is 4. The number of carbonyl (C=O) groups excluding carboxylic acids is 2. The van der Waals surface area contributed by atoms with Crippen molar-refractivity contribution in [2.75, 3.05) is 6.54 Å². The summed E-state index contributed by atoms with van der Waals surface area (Å²) in [6.07, 6.45) is 0. The number of hydrogen-bond donors (Lipinski definition) is 1. The topological polar surface area (TPSA) is 67.2 Å². The van der Waals surface area contributed by atoms with Crippen molar-refractivity contribution in [1.82, 2.24) is 20.0 Å². The van der Waals surface area contributed by atoms with Crippen molar-refractivity contribution >= 4 is 34.8 Å². The van der Waals surface area contributed by atoms with Crippen LogP contribution >= 0.6 is 22.9 Å². The molecule has 8 heteroatoms. The Morgan fingerprint density at radius 3 is 2.83 bits per heavy atom. The molecule has 1 aliphatic rings. The van der Waals surface area contributed by atoms with Gasteiger partial charge in [-0.05, 0) is 18.2 Å². The van der Waals surface area contributed by atoms with Crippen molar-refractivity contribution < 1.29 is 9.59 Å². The zero-order valence-corrected chi connectivity index (χ0v) is 15.2. The van der Waals surface area contributed by atoms with Crippen molar-refractivity contribution in [3.05, 3.63) is 38.8 Å². The van der Waals surface area contributed by atoms with Gasteiger partial charge in [0.15, 0.2) is 0 Å². The minimum atomic E-state index is -0.158. The molecule has 0 spiro atoms. The molecule has 2 amide bonds. The van der Waals surface area contributed by atoms with E-state index in [2.05, 4.69) is 10.4 Å². The molecular formula is C16H19ClN4O2S. The van der Waals surface area contributed by atoms with Crippen molar-refractivity contribution in [3.63, 3.8) is 0 Å². The first-order chi connectivity index (χ1) is 11.4. The summed E-state index contributed by atoms with van der Waals surface area (Å²) in [5.41, 5.74) is 1.79. The maximum absolute atomic E-state index is 12.1. The fraction of sp³-hybridized carbons (Fsp3) is 0.438. The fourth-order valence-electron chi connectivity index (χ4n) is 2.66. The van der Waals surface area contributed by atoms with Crippen LogP contribution in [0, 0.1) is 5.92 Å². The van der Waals surface area contributed by atoms with Gasteiger partial charge in [-0.1, -0.05) is 25.4 Å². The predicted molar refractivity (Wildman–Crippen MR) is 93.0 cm³/mol. The molecule has 3 rings (SSSR count). The molecule has 1 N–H and O–H groups in total. The highest BCUT2D eigenvalue weighted by atomic mass is 35.5. The van der Waals surface area contributed by atoms with Gasteiger partial charge in [-0.2, -0.15) is 5.10 Å². The van der Waals surface area contributed by atoms with Crippen LogP contribution in [0.4, 0.5) is 0 Å². The largest absolute Gasteiger partial charge is 0.346 e. The number of nitrogens with one attached hydrogen (secondary N) is 1. The second-order valence-corrected chi connectivity index (χ2v) is 7.77. The quantitative estimate of drug-likeness (QED) is 0.904. The Balaban J connectivity index is 1.61. The smallest absolute Gasteiger partial charge is 0.261 e. The van der Waals surface area contributed by atoms with Gasteiger partial charge < -0.3 is 10.2 Å². The molecule has 2 aromatic heterocycles. The van der Waals surface area contributed by atoms with Gasteiger partial charge in [-0.3, -0.25) is 14.3 Å². The van der Waals surface area contributed by atoms with Crippen LogP contribution in [0.5, 0.6) is 0 Å². The van der Waals surface area contributed by atoms with E-state index in [9.17, 15) is 9.59 Å². The molecule has 0 saturated carbocycles. The maximum Gasteiger partial charge on any atom is 0.261 e. The third-order valence-electron chi connectivity index (χ3n) is 3.88. The average molecular weight is 367 g/mol. The van der Waals surface area contributed by atoms with Crippen LogP contribution in [0.15, 0.2) is 18.2 Å². The molecule has 0 atom stereocenters. The molecular weight excluding hydrogens is 348 g/mol. The summed E-state index contributed by atoms with van der Waals surface area (Å²) in [5.74, 6) is -0.00258. The lowest BCUT2D eigenvalue weighted by Crippen LogP contribution is -2.40. The van der Waals surface area contributed by atoms with E-state index in [4.69, 9.17) is 11.6 Å². The summed E-state index contributed by atoms with van der Waals surface area (Å²) in [6.45, 7) is 6.09. The zero-order valence-electron chi connectivity index (χ0n) is 13.6. The van der Waals surface area contributed by atoms with Crippen LogP contribution in [-0.2, 0) is 24.4 Å². The molecule has 0 aromatic carbocycles. The molecule has 128 valence electrons. The van der Waals surface area contributed by atoms with Crippen LogP contribution in [0.25, 0.3) is 0 Å². The molecule has 24 heavy (non-hydrogen) atoms. The number of carbonyl (C=O) groups is 2. The number of fused-ring (bicyclic) bond motifs is 1. The lowest BCUT2D eigenvalue weighted by Gasteiger charge is -2.29. The fourth-order valence-corrected chi connectivity index (χ4v) is 3.62. The Hall–Kier alpha value is -1.86. The lowest BCUT2D eigenvalue weighted by atomic mass is 10.1. The van der Waals surface area contributed by atoms with E-state index in [-0.39, 0.29) is 17.7 Å². The summed E-state index contributed by atoms with van der Waals surface area (Å²) in [7, 11) is 0. The van der Waals surface area contributed by atoms with Crippen molar-refractivity contribution in [3.8, 4) is 0 Å². The van der Waals surface area contributed by atoms with Crippen molar-refractivity contribution in [1.29, 1.82) is 0 Å². The predicted octanol–water partition coefficient (Wildman–Crippen LogP) is 2.53. The maximum atomic E-state index is 12.1. The van der Waals surface area contributed by atoms with E-state index >= 15 is 0 Å². The van der Waals surface area contributed by atoms with Crippen molar-refractivity contribution in [2.45, 2.75) is 33.5 Å². The Kier molecular flexibility index (Phi) is 4.91. The van der Waals surface area contributed by atoms with E-state index in [1.54, 1.807) is 12.1 Å². The van der Waals surface area contributed by atoms with Crippen molar-refractivity contribution in [2.24, 2.45) is 5.92 Å². The monoisotopic (exact) mass is 366 g/mol. The van der Waals surface area contributed by atoms with E-state index in [1.165, 1.54) is 11.3 Å². The second kappa shape index (κ2) is 6.94. The van der Waals surface area contributed by atoms with Gasteiger partial charge in [0.1, 0.15) is 0 Å². The molecule has 0 bridgehead atoms. The average Bonchev–Trinajstić information content (AvgIpc) is 3.16. The van der Waals surface area contributed by atoms with E-state index < -0.39 is 0 Å². The SMILES string of the molecule is CC(C)C(=O)N1CCn2nc(CNC(=O)c3ccc(Cl)s3)cc2C1. The standard InChI is InChI=1S/C16H19ClN4O2S/c1-10(2)16(23)20-5-6-21-12(9-20)7-11(19-21)8-18-15(22)13-3-4-14(17)24-13/h3-4,7,10H,5-6,8-9H2,1-2H3,(H,18,22). The van der Waals surface area contributed by atoms with Crippen LogP contribution in [0.3, 0.4) is 0 Å². The lowest BCUT2D eigenvalue weighted by molar-refractivity contribution is -0.136. The number of thiophene rings is 1. The van der Waals surface area contributed by atoms with E-state index in [0.717, 1.165) is 11.4 Å². The summed E-state index contributed by atoms with van der Waals surface area (Å²) < 4.78 is 2.50. The Labute approximate surface area is 149 Å². The normalized spacial score (nSPS) is 13.9. The summed E-state index contributed by atoms with van der Waals surface area (Å²) in [6, 6.07) is 5.36. The van der Waals surface area contributed by atoms with Gasteiger partial charge in [-0.15, -0.1) is 11.3 Å². The van der Waals surface area contributed by atoms with Gasteiger partial charge in [0.25, 0.3) is 5.91 Å². The first-order valence-corrected chi connectivity index (χ1v) is 9.01. The number of aromatic nitrogens is 2. The number of amides is 2. The van der Waals surface area contributed by atoms with Crippen LogP contribution in [0.2, 0.25) is 4.34 Å². The molecule has 3 heterocycles. The first-order valence-electron chi connectivity index (χ1n) is 7.82. The van der Waals surface area contributed by atoms with Crippen LogP contribution < -0.4 is 5.32 Å². The van der Waals surface area contributed by atoms with E-state index in [1.807, 2.05) is 29.5 Å². The minimum Gasteiger partial charge on any atom is -0.346 e. The molecule has 1 aliphatic heterocycles. The third-order valence-corrected chi connectivity index (χ3v) is 5.11. The van der Waals surface area contributed by atoms with Gasteiger partial charge in [0.05, 0.1) is 40.2 Å². The number of hydrogen-bond acceptors (Lipinski definition) is 4. The molecule has 0 fully saturated rings. The highest BCUT2D eigenvalue weighted by molar-refractivity contribution is 7.17.